The van der Waals surface area contributed by atoms with Crippen LogP contribution in [-0.4, -0.2) is 14.5 Å². The maximum Gasteiger partial charge on any atom is 0.271 e. The lowest BCUT2D eigenvalue weighted by molar-refractivity contribution is 0.589. The number of hydrogen-bond donors (Lipinski definition) is 2. The van der Waals surface area contributed by atoms with Crippen LogP contribution in [0.4, 0.5) is 5.69 Å². The van der Waals surface area contributed by atoms with Gasteiger partial charge in [0.2, 0.25) is 0 Å². The molecule has 1 aromatic heterocycles. The van der Waals surface area contributed by atoms with Gasteiger partial charge >= 0.3 is 0 Å². The van der Waals surface area contributed by atoms with Crippen LogP contribution in [-0.2, 0) is 16.6 Å². The number of sulfonamides is 1. The van der Waals surface area contributed by atoms with Crippen LogP contribution in [0.3, 0.4) is 0 Å². The Hall–Kier alpha value is -0.890. The van der Waals surface area contributed by atoms with Crippen molar-refractivity contribution in [3.8, 4) is 0 Å². The van der Waals surface area contributed by atoms with E-state index in [0.29, 0.717) is 22.5 Å². The Morgan fingerprint density at radius 2 is 2.00 bits per heavy atom. The third-order valence-corrected chi connectivity index (χ3v) is 6.20. The molecule has 2 N–H and O–H groups in total. The molecule has 4 nitrogen and oxygen atoms in total. The number of hydrogen-bond acceptors (Lipinski definition) is 4. The smallest absolute Gasteiger partial charge is 0.271 e. The molecule has 0 atom stereocenters. The SMILES string of the molecule is CC(C)NCc1cccc(NS(=O)(=O)c2ccc(Br)s2)c1. The highest BCUT2D eigenvalue weighted by Crippen LogP contribution is 2.27. The molecule has 2 rings (SSSR count). The molecule has 0 spiro atoms. The topological polar surface area (TPSA) is 58.2 Å². The summed E-state index contributed by atoms with van der Waals surface area (Å²) in [4.78, 5) is 0. The van der Waals surface area contributed by atoms with E-state index < -0.39 is 10.0 Å². The van der Waals surface area contributed by atoms with E-state index >= 15 is 0 Å². The maximum atomic E-state index is 12.3. The summed E-state index contributed by atoms with van der Waals surface area (Å²) < 4.78 is 28.2. The Kier molecular flexibility index (Phi) is 5.43. The minimum absolute atomic E-state index is 0.292. The fourth-order valence-electron chi connectivity index (χ4n) is 1.71. The highest BCUT2D eigenvalue weighted by Gasteiger charge is 2.16. The molecule has 1 heterocycles. The number of thiophene rings is 1. The summed E-state index contributed by atoms with van der Waals surface area (Å²) in [5.74, 6) is 0. The van der Waals surface area contributed by atoms with E-state index in [-0.39, 0.29) is 0 Å². The summed E-state index contributed by atoms with van der Waals surface area (Å²) in [6, 6.07) is 11.1. The van der Waals surface area contributed by atoms with E-state index in [9.17, 15) is 8.42 Å². The van der Waals surface area contributed by atoms with Crippen LogP contribution in [0.25, 0.3) is 0 Å². The van der Waals surface area contributed by atoms with Gasteiger partial charge in [-0.1, -0.05) is 26.0 Å². The molecule has 0 saturated carbocycles. The first kappa shape index (κ1) is 16.5. The van der Waals surface area contributed by atoms with Crippen molar-refractivity contribution in [2.24, 2.45) is 0 Å². The van der Waals surface area contributed by atoms with E-state index in [0.717, 1.165) is 9.35 Å². The summed E-state index contributed by atoms with van der Waals surface area (Å²) in [7, 11) is -3.52. The lowest BCUT2D eigenvalue weighted by atomic mass is 10.2. The molecule has 1 aromatic carbocycles. The molecule has 0 fully saturated rings. The van der Waals surface area contributed by atoms with Gasteiger partial charge in [-0.25, -0.2) is 8.42 Å². The predicted molar refractivity (Wildman–Crippen MR) is 91.2 cm³/mol. The van der Waals surface area contributed by atoms with E-state index in [4.69, 9.17) is 0 Å². The van der Waals surface area contributed by atoms with Crippen LogP contribution >= 0.6 is 27.3 Å². The minimum Gasteiger partial charge on any atom is -0.310 e. The lowest BCUT2D eigenvalue weighted by Gasteiger charge is -2.10. The highest BCUT2D eigenvalue weighted by atomic mass is 79.9. The monoisotopic (exact) mass is 388 g/mol. The lowest BCUT2D eigenvalue weighted by Crippen LogP contribution is -2.21. The second-order valence-electron chi connectivity index (χ2n) is 4.90. The fourth-order valence-corrected chi connectivity index (χ4v) is 4.77. The average molecular weight is 389 g/mol. The van der Waals surface area contributed by atoms with Crippen LogP contribution < -0.4 is 10.0 Å². The van der Waals surface area contributed by atoms with Crippen LogP contribution in [0.15, 0.2) is 44.4 Å². The van der Waals surface area contributed by atoms with Crippen molar-refractivity contribution in [3.05, 3.63) is 45.7 Å². The maximum absolute atomic E-state index is 12.3. The average Bonchev–Trinajstić information content (AvgIpc) is 2.84. The number of nitrogens with one attached hydrogen (secondary N) is 2. The quantitative estimate of drug-likeness (QED) is 0.790. The normalized spacial score (nSPS) is 11.8. The van der Waals surface area contributed by atoms with Gasteiger partial charge in [0, 0.05) is 18.3 Å². The molecular weight excluding hydrogens is 372 g/mol. The number of anilines is 1. The zero-order chi connectivity index (χ0) is 15.5. The van der Waals surface area contributed by atoms with Crippen molar-refractivity contribution in [1.29, 1.82) is 0 Å². The van der Waals surface area contributed by atoms with Gasteiger partial charge in [0.05, 0.1) is 3.79 Å². The Balaban J connectivity index is 2.14. The van der Waals surface area contributed by atoms with Crippen molar-refractivity contribution >= 4 is 43.0 Å². The molecule has 21 heavy (non-hydrogen) atoms. The summed E-state index contributed by atoms with van der Waals surface area (Å²) in [5.41, 5.74) is 1.61. The Morgan fingerprint density at radius 1 is 1.24 bits per heavy atom. The van der Waals surface area contributed by atoms with Crippen molar-refractivity contribution in [2.75, 3.05) is 4.72 Å². The van der Waals surface area contributed by atoms with Gasteiger partial charge in [-0.3, -0.25) is 4.72 Å². The van der Waals surface area contributed by atoms with Gasteiger partial charge in [0.1, 0.15) is 4.21 Å². The first-order valence-corrected chi connectivity index (χ1v) is 9.56. The zero-order valence-corrected chi connectivity index (χ0v) is 15.0. The van der Waals surface area contributed by atoms with Crippen LogP contribution in [0.5, 0.6) is 0 Å². The molecule has 114 valence electrons. The molecule has 0 radical (unpaired) electrons. The van der Waals surface area contributed by atoms with Gasteiger partial charge < -0.3 is 5.32 Å². The largest absolute Gasteiger partial charge is 0.310 e. The highest BCUT2D eigenvalue weighted by molar-refractivity contribution is 9.11. The van der Waals surface area contributed by atoms with Crippen LogP contribution in [0.1, 0.15) is 19.4 Å². The van der Waals surface area contributed by atoms with E-state index in [1.165, 1.54) is 11.3 Å². The van der Waals surface area contributed by atoms with Gasteiger partial charge in [0.15, 0.2) is 0 Å². The Labute approximate surface area is 137 Å². The molecule has 0 aliphatic heterocycles. The second kappa shape index (κ2) is 6.91. The molecule has 7 heteroatoms. The third-order valence-electron chi connectivity index (χ3n) is 2.71. The summed E-state index contributed by atoms with van der Waals surface area (Å²) in [6.07, 6.45) is 0. The van der Waals surface area contributed by atoms with Crippen molar-refractivity contribution in [1.82, 2.24) is 5.32 Å². The van der Waals surface area contributed by atoms with Crippen molar-refractivity contribution in [2.45, 2.75) is 30.6 Å². The van der Waals surface area contributed by atoms with Gasteiger partial charge in [-0.05, 0) is 45.8 Å². The first-order valence-electron chi connectivity index (χ1n) is 6.47. The standard InChI is InChI=1S/C14H17BrN2O2S2/c1-10(2)16-9-11-4-3-5-12(8-11)17-21(18,19)14-7-6-13(15)20-14/h3-8,10,16-17H,9H2,1-2H3. The summed E-state index contributed by atoms with van der Waals surface area (Å²) >= 11 is 4.46. The van der Waals surface area contributed by atoms with Crippen molar-refractivity contribution in [3.63, 3.8) is 0 Å². The second-order valence-corrected chi connectivity index (χ2v) is 9.27. The van der Waals surface area contributed by atoms with Crippen molar-refractivity contribution < 1.29 is 8.42 Å². The molecule has 0 bridgehead atoms. The van der Waals surface area contributed by atoms with Gasteiger partial charge in [-0.2, -0.15) is 0 Å². The van der Waals surface area contributed by atoms with Crippen LogP contribution in [0, 0.1) is 0 Å². The van der Waals surface area contributed by atoms with Crippen LogP contribution in [0.2, 0.25) is 0 Å². The fraction of sp³-hybridized carbons (Fsp3) is 0.286. The summed E-state index contributed by atoms with van der Waals surface area (Å²) in [6.45, 7) is 4.85. The molecule has 0 aliphatic rings. The molecule has 2 aromatic rings. The van der Waals surface area contributed by atoms with E-state index in [1.807, 2.05) is 18.2 Å². The van der Waals surface area contributed by atoms with Gasteiger partial charge in [-0.15, -0.1) is 11.3 Å². The zero-order valence-electron chi connectivity index (χ0n) is 11.8. The first-order chi connectivity index (χ1) is 9.87. The third kappa shape index (κ3) is 4.81. The molecule has 0 saturated heterocycles. The molecule has 0 amide bonds. The molecule has 0 aliphatic carbocycles. The Morgan fingerprint density at radius 3 is 2.62 bits per heavy atom. The summed E-state index contributed by atoms with van der Waals surface area (Å²) in [5, 5.41) is 3.31. The predicted octanol–water partition coefficient (Wildman–Crippen LogP) is 3.81. The minimum atomic E-state index is -3.52. The number of benzene rings is 1. The number of rotatable bonds is 6. The Bertz CT molecular complexity index is 711. The number of halogens is 1. The molecule has 0 unspecified atom stereocenters. The van der Waals surface area contributed by atoms with E-state index in [1.54, 1.807) is 18.2 Å². The van der Waals surface area contributed by atoms with E-state index in [2.05, 4.69) is 39.8 Å². The molecular formula is C14H17BrN2O2S2. The van der Waals surface area contributed by atoms with Gasteiger partial charge in [0.25, 0.3) is 10.0 Å².